The van der Waals surface area contributed by atoms with Crippen molar-refractivity contribution in [2.75, 3.05) is 40.9 Å². The number of rotatable bonds is 70. The number of phosphoric ester groups is 1. The van der Waals surface area contributed by atoms with Crippen molar-refractivity contribution in [3.8, 4) is 0 Å². The molecule has 0 spiro atoms. The van der Waals surface area contributed by atoms with Crippen LogP contribution >= 0.6 is 7.82 Å². The van der Waals surface area contributed by atoms with Crippen molar-refractivity contribution in [2.24, 2.45) is 0 Å². The van der Waals surface area contributed by atoms with Gasteiger partial charge in [-0.05, 0) is 103 Å². The molecule has 0 aromatic rings. The second kappa shape index (κ2) is 71.2. The van der Waals surface area contributed by atoms with E-state index in [1.165, 1.54) is 231 Å². The van der Waals surface area contributed by atoms with E-state index in [4.69, 9.17) is 9.05 Å². The van der Waals surface area contributed by atoms with Crippen molar-refractivity contribution in [3.63, 3.8) is 0 Å². The van der Waals surface area contributed by atoms with Crippen LogP contribution in [-0.2, 0) is 18.4 Å². The smallest absolute Gasteiger partial charge is 0.268 e. The summed E-state index contributed by atoms with van der Waals surface area (Å²) in [7, 11) is 1.24. The van der Waals surface area contributed by atoms with Crippen molar-refractivity contribution in [2.45, 2.75) is 353 Å². The minimum Gasteiger partial charge on any atom is -0.756 e. The number of phosphoric acid groups is 1. The monoisotopic (exact) mass is 1290 g/mol. The lowest BCUT2D eigenvalue weighted by atomic mass is 10.0. The van der Waals surface area contributed by atoms with Crippen molar-refractivity contribution in [1.29, 1.82) is 0 Å². The summed E-state index contributed by atoms with van der Waals surface area (Å²) >= 11 is 0. The fraction of sp³-hybridized carbons (Fsp3) is 0.744. The zero-order chi connectivity index (χ0) is 66.2. The van der Waals surface area contributed by atoms with Gasteiger partial charge in [0, 0.05) is 6.42 Å². The highest BCUT2D eigenvalue weighted by molar-refractivity contribution is 7.45. The first-order valence-electron chi connectivity index (χ1n) is 38.4. The standard InChI is InChI=1S/C82H147N2O6P/c1-6-8-10-12-14-16-18-20-22-24-26-28-30-32-34-36-37-38-39-40-41-42-43-44-45-46-47-48-50-52-54-56-58-60-62-64-66-68-70-72-74-76-82(86)83-80(79-90-91(87,88)89-78-77-84(3,4)5)81(85)75-73-71-69-67-65-63-61-59-57-55-53-51-49-35-33-31-29-27-25-23-21-19-17-15-13-11-9-7-2/h8,10,14,16,20,22,26,28,32,34,37-38,40-41,57,59,65,67,73,75,80-81,85H,6-7,9,11-13,15,17-19,21,23-25,27,29-31,33,35-36,39,42-56,58,60-64,66,68-72,74,76-79H2,1-5H3,(H-,83,86,87,88)/b10-8-,16-14-,22-20-,28-26-,34-32-,38-37-,41-40-,59-57+,67-65+,75-73+. The molecule has 91 heavy (non-hydrogen) atoms. The Balaban J connectivity index is 4.04. The highest BCUT2D eigenvalue weighted by atomic mass is 31.2. The third-order valence-corrected chi connectivity index (χ3v) is 17.8. The summed E-state index contributed by atoms with van der Waals surface area (Å²) < 4.78 is 23.5. The molecule has 0 rings (SSSR count). The molecule has 0 aliphatic rings. The van der Waals surface area contributed by atoms with Gasteiger partial charge in [0.2, 0.25) is 5.91 Å². The van der Waals surface area contributed by atoms with Gasteiger partial charge in [-0.15, -0.1) is 0 Å². The van der Waals surface area contributed by atoms with Crippen LogP contribution in [-0.4, -0.2) is 68.5 Å². The van der Waals surface area contributed by atoms with Gasteiger partial charge in [0.1, 0.15) is 13.2 Å². The van der Waals surface area contributed by atoms with Gasteiger partial charge in [0.05, 0.1) is 39.9 Å². The molecule has 0 aromatic heterocycles. The molecule has 9 heteroatoms. The Hall–Kier alpha value is -3.10. The van der Waals surface area contributed by atoms with E-state index in [9.17, 15) is 19.4 Å². The second-order valence-corrected chi connectivity index (χ2v) is 28.4. The molecule has 0 radical (unpaired) electrons. The molecule has 0 aliphatic heterocycles. The average molecular weight is 1290 g/mol. The Morgan fingerprint density at radius 2 is 0.681 bits per heavy atom. The number of nitrogens with one attached hydrogen (secondary N) is 1. The molecule has 8 nitrogen and oxygen atoms in total. The maximum atomic E-state index is 13.1. The number of aliphatic hydroxyl groups excluding tert-OH is 1. The molecular formula is C82H147N2O6P. The number of quaternary nitrogens is 1. The highest BCUT2D eigenvalue weighted by Crippen LogP contribution is 2.38. The van der Waals surface area contributed by atoms with Gasteiger partial charge in [-0.1, -0.05) is 354 Å². The van der Waals surface area contributed by atoms with E-state index in [-0.39, 0.29) is 12.5 Å². The van der Waals surface area contributed by atoms with Crippen LogP contribution in [0.2, 0.25) is 0 Å². The van der Waals surface area contributed by atoms with Crippen LogP contribution in [0, 0.1) is 0 Å². The third kappa shape index (κ3) is 74.2. The van der Waals surface area contributed by atoms with E-state index in [2.05, 4.69) is 129 Å². The van der Waals surface area contributed by atoms with Gasteiger partial charge in [-0.3, -0.25) is 9.36 Å². The van der Waals surface area contributed by atoms with Crippen molar-refractivity contribution in [1.82, 2.24) is 5.32 Å². The van der Waals surface area contributed by atoms with Crippen molar-refractivity contribution in [3.05, 3.63) is 122 Å². The predicted molar refractivity (Wildman–Crippen MR) is 399 cm³/mol. The maximum absolute atomic E-state index is 13.1. The minimum atomic E-state index is -4.62. The summed E-state index contributed by atoms with van der Waals surface area (Å²) in [6.45, 7) is 4.54. The lowest BCUT2D eigenvalue weighted by molar-refractivity contribution is -0.870. The van der Waals surface area contributed by atoms with Gasteiger partial charge in [0.25, 0.3) is 7.82 Å². The lowest BCUT2D eigenvalue weighted by Crippen LogP contribution is -2.45. The Morgan fingerprint density at radius 1 is 0.396 bits per heavy atom. The minimum absolute atomic E-state index is 0.0118. The molecule has 1 amide bonds. The molecule has 0 aromatic carbocycles. The number of likely N-dealkylation sites (N-methyl/N-ethyl adjacent to an activating group) is 1. The Kier molecular flexibility index (Phi) is 68.8. The van der Waals surface area contributed by atoms with Crippen molar-refractivity contribution >= 4 is 13.7 Å². The molecule has 2 N–H and O–H groups in total. The van der Waals surface area contributed by atoms with Crippen LogP contribution in [0.25, 0.3) is 0 Å². The molecule has 3 atom stereocenters. The lowest BCUT2D eigenvalue weighted by Gasteiger charge is -2.29. The first-order valence-corrected chi connectivity index (χ1v) is 39.9. The summed E-state index contributed by atoms with van der Waals surface area (Å²) in [6, 6.07) is -0.917. The number of aliphatic hydroxyl groups is 1. The van der Waals surface area contributed by atoms with Gasteiger partial charge >= 0.3 is 0 Å². The number of hydrogen-bond acceptors (Lipinski definition) is 6. The number of hydrogen-bond donors (Lipinski definition) is 2. The maximum Gasteiger partial charge on any atom is 0.268 e. The quantitative estimate of drug-likeness (QED) is 0.0272. The number of carbonyl (C=O) groups excluding carboxylic acids is 1. The van der Waals surface area contributed by atoms with E-state index < -0.39 is 26.6 Å². The van der Waals surface area contributed by atoms with E-state index in [1.54, 1.807) is 6.08 Å². The normalized spacial score (nSPS) is 14.2. The van der Waals surface area contributed by atoms with E-state index >= 15 is 0 Å². The summed E-state index contributed by atoms with van der Waals surface area (Å²) in [5.41, 5.74) is 0. The Bertz CT molecular complexity index is 1900. The molecule has 0 saturated heterocycles. The summed E-state index contributed by atoms with van der Waals surface area (Å²) in [5, 5.41) is 14.0. The number of nitrogens with zero attached hydrogens (tertiary/aromatic N) is 1. The number of carbonyl (C=O) groups is 1. The first-order chi connectivity index (χ1) is 44.5. The Morgan fingerprint density at radius 3 is 1.02 bits per heavy atom. The number of unbranched alkanes of at least 4 members (excludes halogenated alkanes) is 39. The van der Waals surface area contributed by atoms with Crippen molar-refractivity contribution < 1.29 is 32.9 Å². The number of amides is 1. The largest absolute Gasteiger partial charge is 0.756 e. The van der Waals surface area contributed by atoms with E-state index in [0.717, 1.165) is 89.9 Å². The third-order valence-electron chi connectivity index (χ3n) is 16.9. The first kappa shape index (κ1) is 87.9. The molecule has 0 heterocycles. The molecule has 3 unspecified atom stereocenters. The highest BCUT2D eigenvalue weighted by Gasteiger charge is 2.23. The molecule has 0 fully saturated rings. The van der Waals surface area contributed by atoms with Crippen LogP contribution in [0.15, 0.2) is 122 Å². The molecular weight excluding hydrogens is 1140 g/mol. The summed E-state index contributed by atoms with van der Waals surface area (Å²) in [4.78, 5) is 25.7. The fourth-order valence-corrected chi connectivity index (χ4v) is 11.7. The summed E-state index contributed by atoms with van der Waals surface area (Å²) in [5.74, 6) is -0.209. The van der Waals surface area contributed by atoms with Gasteiger partial charge < -0.3 is 28.8 Å². The van der Waals surface area contributed by atoms with Crippen LogP contribution < -0.4 is 10.2 Å². The van der Waals surface area contributed by atoms with E-state index in [1.807, 2.05) is 27.2 Å². The van der Waals surface area contributed by atoms with Crippen LogP contribution in [0.5, 0.6) is 0 Å². The van der Waals surface area contributed by atoms with Crippen LogP contribution in [0.3, 0.4) is 0 Å². The van der Waals surface area contributed by atoms with Gasteiger partial charge in [0.15, 0.2) is 0 Å². The molecule has 0 saturated carbocycles. The molecule has 0 aliphatic carbocycles. The van der Waals surface area contributed by atoms with Crippen LogP contribution in [0.4, 0.5) is 0 Å². The fourth-order valence-electron chi connectivity index (χ4n) is 11.0. The van der Waals surface area contributed by atoms with Crippen LogP contribution in [0.1, 0.15) is 341 Å². The zero-order valence-corrected chi connectivity index (χ0v) is 61.2. The summed E-state index contributed by atoms with van der Waals surface area (Å²) in [6.07, 6.45) is 106. The molecule has 0 bridgehead atoms. The zero-order valence-electron chi connectivity index (χ0n) is 60.3. The number of allylic oxidation sites excluding steroid dienone is 19. The molecule has 526 valence electrons. The Labute approximate surface area is 564 Å². The topological polar surface area (TPSA) is 108 Å². The second-order valence-electron chi connectivity index (χ2n) is 27.0. The van der Waals surface area contributed by atoms with Gasteiger partial charge in [-0.25, -0.2) is 0 Å². The SMILES string of the molecule is CC/C=C\C/C=C\C/C=C\C/C=C\C/C=C\C/C=C\C/C=C\CCCCCCCCCCCCCCCCCCCCCC(=O)NC(COP(=O)([O-])OCC[N+](C)(C)C)C(O)/C=C/CC/C=C/CC/C=C/CCCCCCCCCCCCCCCCCCCC. The van der Waals surface area contributed by atoms with Gasteiger partial charge in [-0.2, -0.15) is 0 Å². The van der Waals surface area contributed by atoms with E-state index in [0.29, 0.717) is 17.4 Å². The average Bonchev–Trinajstić information content (AvgIpc) is 3.59. The predicted octanol–water partition coefficient (Wildman–Crippen LogP) is 24.5.